The number of tetrazole rings is 1. The van der Waals surface area contributed by atoms with Crippen LogP contribution in [0, 0.1) is 0 Å². The van der Waals surface area contributed by atoms with E-state index in [0.29, 0.717) is 17.1 Å². The van der Waals surface area contributed by atoms with E-state index in [4.69, 9.17) is 0 Å². The van der Waals surface area contributed by atoms with Crippen molar-refractivity contribution in [1.82, 2.24) is 20.2 Å². The van der Waals surface area contributed by atoms with Crippen molar-refractivity contribution in [3.05, 3.63) is 76.9 Å². The number of anilines is 1. The molecule has 0 amide bonds. The Balaban J connectivity index is 1.79. The number of rotatable bonds is 1. The second-order valence-electron chi connectivity index (χ2n) is 5.55. The summed E-state index contributed by atoms with van der Waals surface area (Å²) in [6.07, 6.45) is 0. The van der Waals surface area contributed by atoms with E-state index in [9.17, 15) is 4.79 Å². The molecule has 0 spiro atoms. The Morgan fingerprint density at radius 2 is 1.70 bits per heavy atom. The molecule has 1 N–H and O–H groups in total. The molecular formula is C17H11N5O. The zero-order chi connectivity index (χ0) is 15.4. The van der Waals surface area contributed by atoms with Crippen molar-refractivity contribution >= 4 is 17.4 Å². The summed E-state index contributed by atoms with van der Waals surface area (Å²) in [7, 11) is 0. The molecule has 23 heavy (non-hydrogen) atoms. The molecule has 3 aromatic rings. The highest BCUT2D eigenvalue weighted by Gasteiger charge is 2.41. The summed E-state index contributed by atoms with van der Waals surface area (Å²) in [6.45, 7) is 0. The first-order valence-corrected chi connectivity index (χ1v) is 7.32. The van der Waals surface area contributed by atoms with E-state index in [1.807, 2.05) is 54.6 Å². The normalized spacial score (nSPS) is 18.3. The molecule has 110 valence electrons. The van der Waals surface area contributed by atoms with Gasteiger partial charge < -0.3 is 5.32 Å². The Labute approximate surface area is 131 Å². The Hall–Kier alpha value is -3.28. The number of carbonyl (C=O) groups is 1. The number of hydrogen-bond acceptors (Lipinski definition) is 5. The Morgan fingerprint density at radius 1 is 0.957 bits per heavy atom. The second-order valence-corrected chi connectivity index (χ2v) is 5.55. The number of allylic oxidation sites excluding steroid dienone is 1. The van der Waals surface area contributed by atoms with Gasteiger partial charge in [-0.15, -0.1) is 0 Å². The van der Waals surface area contributed by atoms with E-state index >= 15 is 0 Å². The van der Waals surface area contributed by atoms with Crippen LogP contribution >= 0.6 is 0 Å². The van der Waals surface area contributed by atoms with Gasteiger partial charge in [0.1, 0.15) is 6.04 Å². The van der Waals surface area contributed by atoms with Gasteiger partial charge in [0.05, 0.1) is 11.3 Å². The van der Waals surface area contributed by atoms with Gasteiger partial charge in [-0.25, -0.2) is 0 Å². The molecule has 0 saturated carbocycles. The van der Waals surface area contributed by atoms with E-state index in [2.05, 4.69) is 20.8 Å². The van der Waals surface area contributed by atoms with Crippen LogP contribution in [0.1, 0.15) is 27.5 Å². The summed E-state index contributed by atoms with van der Waals surface area (Å²) in [4.78, 5) is 13.0. The van der Waals surface area contributed by atoms with Crippen LogP contribution in [-0.2, 0) is 0 Å². The minimum atomic E-state index is -0.322. The van der Waals surface area contributed by atoms with Crippen LogP contribution in [0.25, 0.3) is 5.70 Å². The third-order valence-electron chi connectivity index (χ3n) is 4.32. The smallest absolute Gasteiger partial charge is 0.248 e. The van der Waals surface area contributed by atoms with Gasteiger partial charge >= 0.3 is 0 Å². The molecule has 0 radical (unpaired) electrons. The molecule has 0 fully saturated rings. The maximum absolute atomic E-state index is 13.0. The van der Waals surface area contributed by atoms with Gasteiger partial charge in [0.2, 0.25) is 5.95 Å². The van der Waals surface area contributed by atoms with Crippen molar-refractivity contribution < 1.29 is 4.79 Å². The van der Waals surface area contributed by atoms with Gasteiger partial charge in [-0.3, -0.25) is 4.79 Å². The fraction of sp³-hybridized carbons (Fsp3) is 0.0588. The Morgan fingerprint density at radius 3 is 2.52 bits per heavy atom. The summed E-state index contributed by atoms with van der Waals surface area (Å²) >= 11 is 0. The predicted octanol–water partition coefficient (Wildman–Crippen LogP) is 2.30. The van der Waals surface area contributed by atoms with Crippen LogP contribution < -0.4 is 5.32 Å². The highest BCUT2D eigenvalue weighted by Crippen LogP contribution is 2.44. The zero-order valence-corrected chi connectivity index (χ0v) is 12.0. The predicted molar refractivity (Wildman–Crippen MR) is 83.7 cm³/mol. The van der Waals surface area contributed by atoms with Crippen molar-refractivity contribution in [2.24, 2.45) is 0 Å². The largest absolute Gasteiger partial charge is 0.322 e. The lowest BCUT2D eigenvalue weighted by Crippen LogP contribution is -2.25. The van der Waals surface area contributed by atoms with Crippen molar-refractivity contribution in [3.8, 4) is 0 Å². The Bertz CT molecular complexity index is 973. The topological polar surface area (TPSA) is 72.7 Å². The molecule has 1 unspecified atom stereocenters. The number of Topliss-reactive ketones (excluding diaryl/α,β-unsaturated/α-hetero) is 1. The fourth-order valence-electron chi connectivity index (χ4n) is 3.33. The summed E-state index contributed by atoms with van der Waals surface area (Å²) in [5, 5.41) is 15.1. The van der Waals surface area contributed by atoms with E-state index < -0.39 is 0 Å². The van der Waals surface area contributed by atoms with Crippen LogP contribution in [0.2, 0.25) is 0 Å². The molecule has 2 heterocycles. The maximum Gasteiger partial charge on any atom is 0.248 e. The van der Waals surface area contributed by atoms with Crippen LogP contribution in [0.5, 0.6) is 0 Å². The molecule has 0 bridgehead atoms. The van der Waals surface area contributed by atoms with Crippen molar-refractivity contribution in [1.29, 1.82) is 0 Å². The maximum atomic E-state index is 13.0. The zero-order valence-electron chi connectivity index (χ0n) is 12.0. The fourth-order valence-corrected chi connectivity index (χ4v) is 3.33. The van der Waals surface area contributed by atoms with Crippen molar-refractivity contribution in [3.63, 3.8) is 0 Å². The summed E-state index contributed by atoms with van der Waals surface area (Å²) in [5.74, 6) is 0.570. The number of nitrogens with one attached hydrogen (secondary N) is 1. The molecule has 5 rings (SSSR count). The first-order chi connectivity index (χ1) is 11.3. The molecule has 6 nitrogen and oxygen atoms in total. The summed E-state index contributed by atoms with van der Waals surface area (Å²) < 4.78 is 1.66. The molecule has 0 saturated heterocycles. The summed E-state index contributed by atoms with van der Waals surface area (Å²) in [6, 6.07) is 17.1. The third kappa shape index (κ3) is 1.57. The minimum absolute atomic E-state index is 0.0260. The quantitative estimate of drug-likeness (QED) is 0.746. The number of ketones is 1. The van der Waals surface area contributed by atoms with Crippen LogP contribution in [0.4, 0.5) is 5.95 Å². The van der Waals surface area contributed by atoms with Gasteiger partial charge in [-0.2, -0.15) is 4.68 Å². The number of nitrogens with zero attached hydrogens (tertiary/aromatic N) is 4. The Kier molecular flexibility index (Phi) is 2.33. The molecule has 2 aliphatic rings. The molecule has 2 aromatic carbocycles. The SMILES string of the molecule is O=C1C2=C(Nc3nnnn3C2c2ccccc2)c2ccccc21. The van der Waals surface area contributed by atoms with Crippen molar-refractivity contribution in [2.45, 2.75) is 6.04 Å². The highest BCUT2D eigenvalue weighted by atomic mass is 16.1. The third-order valence-corrected chi connectivity index (χ3v) is 4.32. The van der Waals surface area contributed by atoms with Crippen LogP contribution in [-0.4, -0.2) is 26.0 Å². The average Bonchev–Trinajstić information content (AvgIpc) is 3.18. The standard InChI is InChI=1S/C17H11N5O/c23-16-12-9-5-4-8-11(12)14-13(16)15(10-6-2-1-3-7-10)22-17(18-14)19-20-21-22/h1-9,15H,(H,18,19,21). The second kappa shape index (κ2) is 4.36. The van der Waals surface area contributed by atoms with Gasteiger partial charge in [-0.1, -0.05) is 59.7 Å². The minimum Gasteiger partial charge on any atom is -0.322 e. The van der Waals surface area contributed by atoms with E-state index in [-0.39, 0.29) is 11.8 Å². The molecule has 6 heteroatoms. The lowest BCUT2D eigenvalue weighted by atomic mass is 9.94. The number of carbonyl (C=O) groups excluding carboxylic acids is 1. The van der Waals surface area contributed by atoms with Crippen molar-refractivity contribution in [2.75, 3.05) is 5.32 Å². The monoisotopic (exact) mass is 301 g/mol. The molecule has 1 aliphatic carbocycles. The molecule has 1 atom stereocenters. The highest BCUT2D eigenvalue weighted by molar-refractivity contribution is 6.23. The van der Waals surface area contributed by atoms with Crippen LogP contribution in [0.15, 0.2) is 60.2 Å². The van der Waals surface area contributed by atoms with E-state index in [1.165, 1.54) is 0 Å². The summed E-state index contributed by atoms with van der Waals surface area (Å²) in [5.41, 5.74) is 4.10. The average molecular weight is 301 g/mol. The van der Waals surface area contributed by atoms with E-state index in [0.717, 1.165) is 16.8 Å². The van der Waals surface area contributed by atoms with E-state index in [1.54, 1.807) is 4.68 Å². The first kappa shape index (κ1) is 12.3. The number of benzene rings is 2. The lowest BCUT2D eigenvalue weighted by Gasteiger charge is -2.25. The molecular weight excluding hydrogens is 290 g/mol. The molecule has 1 aliphatic heterocycles. The van der Waals surface area contributed by atoms with Gasteiger partial charge in [0, 0.05) is 11.1 Å². The van der Waals surface area contributed by atoms with Gasteiger partial charge in [0.25, 0.3) is 0 Å². The number of hydrogen-bond donors (Lipinski definition) is 1. The van der Waals surface area contributed by atoms with Crippen LogP contribution in [0.3, 0.4) is 0 Å². The van der Waals surface area contributed by atoms with Gasteiger partial charge in [0.15, 0.2) is 5.78 Å². The first-order valence-electron chi connectivity index (χ1n) is 7.32. The number of fused-ring (bicyclic) bond motifs is 3. The van der Waals surface area contributed by atoms with Gasteiger partial charge in [-0.05, 0) is 16.0 Å². The number of aromatic nitrogens is 4. The lowest BCUT2D eigenvalue weighted by molar-refractivity contribution is 0.102. The molecule has 1 aromatic heterocycles.